The highest BCUT2D eigenvalue weighted by molar-refractivity contribution is 6.31. The average Bonchev–Trinajstić information content (AvgIpc) is 3.26. The van der Waals surface area contributed by atoms with Crippen molar-refractivity contribution in [2.24, 2.45) is 12.8 Å². The third kappa shape index (κ3) is 4.84. The molecule has 4 aromatic rings. The number of rotatable bonds is 7. The van der Waals surface area contributed by atoms with E-state index in [9.17, 15) is 14.4 Å². The summed E-state index contributed by atoms with van der Waals surface area (Å²) in [4.78, 5) is 44.6. The van der Waals surface area contributed by atoms with Crippen LogP contribution in [-0.2, 0) is 20.1 Å². The predicted molar refractivity (Wildman–Crippen MR) is 144 cm³/mol. The van der Waals surface area contributed by atoms with E-state index in [2.05, 4.69) is 10.3 Å². The number of nitrogens with one attached hydrogen (secondary N) is 1. The zero-order chi connectivity index (χ0) is 26.1. The minimum atomic E-state index is -0.606. The normalized spacial score (nSPS) is 17.7. The Morgan fingerprint density at radius 1 is 1.05 bits per heavy atom. The Hall–Kier alpha value is -3.69. The monoisotopic (exact) mass is 520 g/mol. The summed E-state index contributed by atoms with van der Waals surface area (Å²) in [5.74, 6) is 0.111. The maximum atomic E-state index is 13.8. The van der Waals surface area contributed by atoms with Gasteiger partial charge in [-0.1, -0.05) is 73.0 Å². The number of nitrogens with two attached hydrogens (primary N) is 1. The number of imidazole rings is 1. The van der Waals surface area contributed by atoms with E-state index in [4.69, 9.17) is 17.3 Å². The van der Waals surface area contributed by atoms with Crippen molar-refractivity contribution in [3.63, 3.8) is 0 Å². The Labute approximate surface area is 218 Å². The molecule has 5 rings (SSSR count). The van der Waals surface area contributed by atoms with Gasteiger partial charge < -0.3 is 11.1 Å². The first-order chi connectivity index (χ1) is 17.8. The molecule has 1 fully saturated rings. The molecule has 0 aliphatic heterocycles. The van der Waals surface area contributed by atoms with Gasteiger partial charge in [0.25, 0.3) is 5.56 Å². The minimum absolute atomic E-state index is 0.0190. The van der Waals surface area contributed by atoms with Gasteiger partial charge in [0, 0.05) is 29.7 Å². The van der Waals surface area contributed by atoms with Crippen LogP contribution in [0.3, 0.4) is 0 Å². The fourth-order valence-corrected chi connectivity index (χ4v) is 5.13. The van der Waals surface area contributed by atoms with E-state index in [1.807, 2.05) is 18.2 Å². The second kappa shape index (κ2) is 10.4. The first kappa shape index (κ1) is 25.0. The summed E-state index contributed by atoms with van der Waals surface area (Å²) in [6, 6.07) is 15.9. The van der Waals surface area contributed by atoms with Crippen molar-refractivity contribution >= 4 is 34.5 Å². The molecular formula is C27H29ClN6O3. The quantitative estimate of drug-likeness (QED) is 0.361. The molecule has 1 saturated carbocycles. The van der Waals surface area contributed by atoms with Crippen LogP contribution in [0, 0.1) is 0 Å². The van der Waals surface area contributed by atoms with Crippen molar-refractivity contribution in [2.45, 2.75) is 50.9 Å². The molecule has 2 atom stereocenters. The third-order valence-electron chi connectivity index (χ3n) is 7.05. The Balaban J connectivity index is 1.66. The van der Waals surface area contributed by atoms with E-state index < -0.39 is 11.2 Å². The highest BCUT2D eigenvalue weighted by Gasteiger charge is 2.27. The summed E-state index contributed by atoms with van der Waals surface area (Å²) in [5.41, 5.74) is 6.87. The van der Waals surface area contributed by atoms with Crippen molar-refractivity contribution < 1.29 is 4.79 Å². The number of carbonyl (C=O) groups excluding carboxylic acids is 1. The number of fused-ring (bicyclic) bond motifs is 1. The van der Waals surface area contributed by atoms with Crippen LogP contribution in [0.4, 0.5) is 5.95 Å². The number of nitrogens with zero attached hydrogens (tertiary/aromatic N) is 4. The lowest BCUT2D eigenvalue weighted by molar-refractivity contribution is 0.0969. The van der Waals surface area contributed by atoms with Crippen LogP contribution in [0.25, 0.3) is 11.2 Å². The molecular weight excluding hydrogens is 492 g/mol. The van der Waals surface area contributed by atoms with E-state index in [1.54, 1.807) is 48.0 Å². The molecule has 192 valence electrons. The molecule has 2 aromatic heterocycles. The minimum Gasteiger partial charge on any atom is -0.351 e. The van der Waals surface area contributed by atoms with Gasteiger partial charge in [-0.3, -0.25) is 23.3 Å². The molecule has 2 aromatic carbocycles. The van der Waals surface area contributed by atoms with Crippen molar-refractivity contribution in [1.29, 1.82) is 0 Å². The molecule has 0 amide bonds. The van der Waals surface area contributed by atoms with E-state index in [0.29, 0.717) is 16.5 Å². The summed E-state index contributed by atoms with van der Waals surface area (Å²) in [7, 11) is 1.55. The zero-order valence-electron chi connectivity index (χ0n) is 20.6. The number of hydrogen-bond acceptors (Lipinski definition) is 6. The molecule has 0 unspecified atom stereocenters. The molecule has 10 heteroatoms. The van der Waals surface area contributed by atoms with Gasteiger partial charge in [-0.2, -0.15) is 4.98 Å². The largest absolute Gasteiger partial charge is 0.351 e. The standard InChI is InChI=1S/C27H29ClN6O3/c1-32-24-23(25(36)34(27(32)37)16-22(35)17-9-3-2-4-10-17)33(15-18-11-5-6-12-19(18)28)26(31-24)30-21-14-8-7-13-20(21)29/h2-6,9-12,20-21H,7-8,13-16,29H2,1H3,(H,30,31)/t20-,21-/m0/s1. The van der Waals surface area contributed by atoms with Crippen LogP contribution in [0.15, 0.2) is 64.2 Å². The average molecular weight is 521 g/mol. The molecule has 0 spiro atoms. The number of aryl methyl sites for hydroxylation is 1. The molecule has 0 saturated heterocycles. The Morgan fingerprint density at radius 3 is 2.49 bits per heavy atom. The number of ketones is 1. The summed E-state index contributed by atoms with van der Waals surface area (Å²) in [5, 5.41) is 3.99. The molecule has 9 nitrogen and oxygen atoms in total. The lowest BCUT2D eigenvalue weighted by Crippen LogP contribution is -2.43. The Bertz CT molecular complexity index is 1570. The third-order valence-corrected chi connectivity index (χ3v) is 7.42. The van der Waals surface area contributed by atoms with Crippen molar-refractivity contribution in [3.05, 3.63) is 91.6 Å². The fourth-order valence-electron chi connectivity index (χ4n) is 4.94. The van der Waals surface area contributed by atoms with Crippen LogP contribution >= 0.6 is 11.6 Å². The van der Waals surface area contributed by atoms with Crippen molar-refractivity contribution in [1.82, 2.24) is 18.7 Å². The van der Waals surface area contributed by atoms with E-state index >= 15 is 0 Å². The van der Waals surface area contributed by atoms with Crippen LogP contribution in [0.2, 0.25) is 5.02 Å². The Morgan fingerprint density at radius 2 is 1.76 bits per heavy atom. The topological polar surface area (TPSA) is 117 Å². The highest BCUT2D eigenvalue weighted by atomic mass is 35.5. The number of Topliss-reactive ketones (excluding diaryl/α,β-unsaturated/α-hetero) is 1. The molecule has 0 radical (unpaired) electrons. The number of halogens is 1. The smallest absolute Gasteiger partial charge is 0.332 e. The summed E-state index contributed by atoms with van der Waals surface area (Å²) in [6.07, 6.45) is 3.90. The van der Waals surface area contributed by atoms with Gasteiger partial charge in [-0.25, -0.2) is 4.79 Å². The number of aromatic nitrogens is 4. The number of benzene rings is 2. The fraction of sp³-hybridized carbons (Fsp3) is 0.333. The van der Waals surface area contributed by atoms with Gasteiger partial charge in [0.05, 0.1) is 13.1 Å². The van der Waals surface area contributed by atoms with Gasteiger partial charge in [-0.05, 0) is 24.5 Å². The summed E-state index contributed by atoms with van der Waals surface area (Å²) < 4.78 is 4.02. The van der Waals surface area contributed by atoms with Gasteiger partial charge in [0.1, 0.15) is 0 Å². The second-order valence-electron chi connectivity index (χ2n) is 9.51. The predicted octanol–water partition coefficient (Wildman–Crippen LogP) is 3.16. The molecule has 1 aliphatic carbocycles. The maximum Gasteiger partial charge on any atom is 0.332 e. The highest BCUT2D eigenvalue weighted by Crippen LogP contribution is 2.25. The van der Waals surface area contributed by atoms with Gasteiger partial charge >= 0.3 is 5.69 Å². The van der Waals surface area contributed by atoms with Gasteiger partial charge in [-0.15, -0.1) is 0 Å². The van der Waals surface area contributed by atoms with E-state index in [-0.39, 0.29) is 42.1 Å². The molecule has 1 aliphatic rings. The summed E-state index contributed by atoms with van der Waals surface area (Å²) >= 11 is 6.47. The number of anilines is 1. The summed E-state index contributed by atoms with van der Waals surface area (Å²) in [6.45, 7) is -0.125. The first-order valence-electron chi connectivity index (χ1n) is 12.4. The lowest BCUT2D eigenvalue weighted by Gasteiger charge is -2.29. The number of hydrogen-bond donors (Lipinski definition) is 2. The van der Waals surface area contributed by atoms with Crippen LogP contribution in [0.1, 0.15) is 41.6 Å². The number of carbonyl (C=O) groups is 1. The molecule has 2 heterocycles. The zero-order valence-corrected chi connectivity index (χ0v) is 21.3. The molecule has 3 N–H and O–H groups in total. The van der Waals surface area contributed by atoms with Gasteiger partial charge in [0.2, 0.25) is 5.95 Å². The SMILES string of the molecule is Cn1c(=O)n(CC(=O)c2ccccc2)c(=O)c2c1nc(N[C@H]1CCCC[C@@H]1N)n2Cc1ccccc1Cl. The van der Waals surface area contributed by atoms with E-state index in [1.165, 1.54) is 4.57 Å². The van der Waals surface area contributed by atoms with E-state index in [0.717, 1.165) is 35.8 Å². The van der Waals surface area contributed by atoms with Crippen LogP contribution in [0.5, 0.6) is 0 Å². The molecule has 37 heavy (non-hydrogen) atoms. The molecule has 0 bridgehead atoms. The van der Waals surface area contributed by atoms with Gasteiger partial charge in [0.15, 0.2) is 16.9 Å². The second-order valence-corrected chi connectivity index (χ2v) is 9.91. The van der Waals surface area contributed by atoms with Crippen LogP contribution in [-0.4, -0.2) is 36.6 Å². The lowest BCUT2D eigenvalue weighted by atomic mass is 9.91. The van der Waals surface area contributed by atoms with Crippen molar-refractivity contribution in [3.8, 4) is 0 Å². The van der Waals surface area contributed by atoms with Crippen molar-refractivity contribution in [2.75, 3.05) is 5.32 Å². The maximum absolute atomic E-state index is 13.8. The first-order valence-corrected chi connectivity index (χ1v) is 12.8. The Kier molecular flexibility index (Phi) is 6.99. The van der Waals surface area contributed by atoms with Crippen LogP contribution < -0.4 is 22.3 Å².